The van der Waals surface area contributed by atoms with E-state index < -0.39 is 24.0 Å². The highest BCUT2D eigenvalue weighted by atomic mass is 16.7. The lowest BCUT2D eigenvalue weighted by molar-refractivity contribution is -0.104. The number of aliphatic hydroxyl groups is 1. The zero-order chi connectivity index (χ0) is 18.2. The quantitative estimate of drug-likeness (QED) is 0.562. The van der Waals surface area contributed by atoms with Crippen LogP contribution in [0.25, 0.3) is 0 Å². The minimum Gasteiger partial charge on any atom is -0.492 e. The van der Waals surface area contributed by atoms with Gasteiger partial charge >= 0.3 is 6.16 Å². The molecule has 9 nitrogen and oxygen atoms in total. The number of aromatic hydroxyl groups is 1. The highest BCUT2D eigenvalue weighted by molar-refractivity contribution is 5.62. The molecule has 0 aliphatic carbocycles. The van der Waals surface area contributed by atoms with Crippen molar-refractivity contribution in [3.8, 4) is 23.3 Å². The van der Waals surface area contributed by atoms with Gasteiger partial charge in [0.25, 0.3) is 0 Å². The molecule has 25 heavy (non-hydrogen) atoms. The molecule has 132 valence electrons. The zero-order valence-corrected chi connectivity index (χ0v) is 13.4. The Morgan fingerprint density at radius 1 is 1.24 bits per heavy atom. The third-order valence-electron chi connectivity index (χ3n) is 3.74. The van der Waals surface area contributed by atoms with E-state index in [9.17, 15) is 15.0 Å². The van der Waals surface area contributed by atoms with Crippen LogP contribution in [0, 0.1) is 0 Å². The number of benzene rings is 1. The minimum absolute atomic E-state index is 0.0622. The molecular formula is C16H16N2O7. The van der Waals surface area contributed by atoms with Gasteiger partial charge in [0.15, 0.2) is 6.10 Å². The van der Waals surface area contributed by atoms with Crippen LogP contribution in [0.15, 0.2) is 30.3 Å². The molecule has 0 saturated heterocycles. The second-order valence-electron chi connectivity index (χ2n) is 5.99. The van der Waals surface area contributed by atoms with Crippen LogP contribution < -0.4 is 14.2 Å². The third kappa shape index (κ3) is 3.41. The van der Waals surface area contributed by atoms with Gasteiger partial charge in [-0.2, -0.15) is 0 Å². The first-order valence-electron chi connectivity index (χ1n) is 7.37. The smallest absolute Gasteiger partial charge is 0.492 e. The van der Waals surface area contributed by atoms with Gasteiger partial charge < -0.3 is 29.5 Å². The lowest BCUT2D eigenvalue weighted by Gasteiger charge is -2.41. The Balaban J connectivity index is 2.00. The van der Waals surface area contributed by atoms with Crippen molar-refractivity contribution >= 4 is 6.16 Å². The highest BCUT2D eigenvalue weighted by Crippen LogP contribution is 2.43. The number of ether oxygens (including phenoxy) is 3. The molecule has 2 atom stereocenters. The van der Waals surface area contributed by atoms with Crippen molar-refractivity contribution in [2.75, 3.05) is 0 Å². The fraction of sp³-hybridized carbons (Fsp3) is 0.312. The first-order valence-corrected chi connectivity index (χ1v) is 7.37. The zero-order valence-electron chi connectivity index (χ0n) is 13.4. The van der Waals surface area contributed by atoms with Gasteiger partial charge in [-0.15, -0.1) is 10.2 Å². The summed E-state index contributed by atoms with van der Waals surface area (Å²) < 4.78 is 16.1. The van der Waals surface area contributed by atoms with Crippen molar-refractivity contribution in [1.29, 1.82) is 0 Å². The second kappa shape index (κ2) is 6.10. The second-order valence-corrected chi connectivity index (χ2v) is 5.99. The van der Waals surface area contributed by atoms with Gasteiger partial charge in [-0.25, -0.2) is 4.79 Å². The molecule has 0 spiro atoms. The summed E-state index contributed by atoms with van der Waals surface area (Å²) in [5.74, 6) is 0.296. The molecule has 0 bridgehead atoms. The number of fused-ring (bicyclic) bond motifs is 1. The van der Waals surface area contributed by atoms with Gasteiger partial charge in [-0.1, -0.05) is 0 Å². The molecule has 0 saturated carbocycles. The topological polar surface area (TPSA) is 131 Å². The van der Waals surface area contributed by atoms with Gasteiger partial charge in [0.1, 0.15) is 23.2 Å². The minimum atomic E-state index is -1.46. The van der Waals surface area contributed by atoms with E-state index >= 15 is 0 Å². The molecule has 3 N–H and O–H groups in total. The number of aliphatic hydroxyl groups excluding tert-OH is 1. The molecule has 1 aromatic carbocycles. The summed E-state index contributed by atoms with van der Waals surface area (Å²) in [5, 5.41) is 35.8. The van der Waals surface area contributed by atoms with Crippen LogP contribution in [0.2, 0.25) is 0 Å². The molecule has 1 aliphatic heterocycles. The molecule has 0 radical (unpaired) electrons. The van der Waals surface area contributed by atoms with Gasteiger partial charge in [0.05, 0.1) is 0 Å². The van der Waals surface area contributed by atoms with Crippen molar-refractivity contribution in [3.05, 3.63) is 35.9 Å². The van der Waals surface area contributed by atoms with Crippen LogP contribution in [-0.2, 0) is 0 Å². The Labute approximate surface area is 142 Å². The summed E-state index contributed by atoms with van der Waals surface area (Å²) in [6.45, 7) is 3.39. The van der Waals surface area contributed by atoms with Crippen molar-refractivity contribution in [1.82, 2.24) is 10.2 Å². The van der Waals surface area contributed by atoms with E-state index in [1.165, 1.54) is 24.3 Å². The Morgan fingerprint density at radius 2 is 2.00 bits per heavy atom. The van der Waals surface area contributed by atoms with Crippen LogP contribution in [-0.4, -0.2) is 43.4 Å². The molecule has 0 fully saturated rings. The lowest BCUT2D eigenvalue weighted by atomic mass is 9.88. The number of aromatic nitrogens is 2. The SMILES string of the molecule is CC1(C)Oc2ccc(OC(=O)O)cc2C(Oc2ccc(O)nn2)C1O. The first kappa shape index (κ1) is 16.8. The van der Waals surface area contributed by atoms with Gasteiger partial charge in [-0.05, 0) is 32.0 Å². The maximum atomic E-state index is 10.7. The van der Waals surface area contributed by atoms with Crippen LogP contribution in [0.5, 0.6) is 23.3 Å². The number of hydrogen-bond donors (Lipinski definition) is 3. The van der Waals surface area contributed by atoms with E-state index in [2.05, 4.69) is 14.9 Å². The first-order chi connectivity index (χ1) is 11.8. The molecule has 1 aromatic heterocycles. The van der Waals surface area contributed by atoms with Gasteiger partial charge in [0.2, 0.25) is 11.8 Å². The normalized spacial score (nSPS) is 20.9. The average Bonchev–Trinajstić information content (AvgIpc) is 2.53. The highest BCUT2D eigenvalue weighted by Gasteiger charge is 2.44. The molecular weight excluding hydrogens is 332 g/mol. The van der Waals surface area contributed by atoms with Crippen molar-refractivity contribution in [2.45, 2.75) is 31.7 Å². The van der Waals surface area contributed by atoms with Crippen LogP contribution in [0.1, 0.15) is 25.5 Å². The molecule has 2 aromatic rings. The average molecular weight is 348 g/mol. The number of nitrogens with zero attached hydrogens (tertiary/aromatic N) is 2. The monoisotopic (exact) mass is 348 g/mol. The third-order valence-corrected chi connectivity index (χ3v) is 3.74. The maximum Gasteiger partial charge on any atom is 0.511 e. The van der Waals surface area contributed by atoms with Crippen LogP contribution in [0.4, 0.5) is 4.79 Å². The number of rotatable bonds is 3. The Morgan fingerprint density at radius 3 is 2.64 bits per heavy atom. The summed E-state index contributed by atoms with van der Waals surface area (Å²) in [5.41, 5.74) is -0.558. The molecule has 2 heterocycles. The molecule has 3 rings (SSSR count). The van der Waals surface area contributed by atoms with E-state index in [0.29, 0.717) is 11.3 Å². The maximum absolute atomic E-state index is 10.7. The van der Waals surface area contributed by atoms with E-state index in [-0.39, 0.29) is 17.5 Å². The van der Waals surface area contributed by atoms with Crippen LogP contribution >= 0.6 is 0 Å². The largest absolute Gasteiger partial charge is 0.511 e. The van der Waals surface area contributed by atoms with Crippen LogP contribution in [0.3, 0.4) is 0 Å². The lowest BCUT2D eigenvalue weighted by Crippen LogP contribution is -2.50. The predicted molar refractivity (Wildman–Crippen MR) is 82.9 cm³/mol. The Kier molecular flexibility index (Phi) is 4.09. The molecule has 9 heteroatoms. The summed E-state index contributed by atoms with van der Waals surface area (Å²) in [6, 6.07) is 7.09. The van der Waals surface area contributed by atoms with Gasteiger partial charge in [-0.3, -0.25) is 0 Å². The predicted octanol–water partition coefficient (Wildman–Crippen LogP) is 1.89. The van der Waals surface area contributed by atoms with E-state index in [4.69, 9.17) is 14.6 Å². The van der Waals surface area contributed by atoms with E-state index in [1.54, 1.807) is 19.9 Å². The standard InChI is InChI=1S/C16H16N2O7/c1-16(2)14(20)13(24-12-6-5-11(19)17-18-12)9-7-8(23-15(21)22)3-4-10(9)25-16/h3-7,13-14,20H,1-2H3,(H,17,19)(H,21,22). The van der Waals surface area contributed by atoms with E-state index in [0.717, 1.165) is 0 Å². The summed E-state index contributed by atoms with van der Waals surface area (Å²) in [4.78, 5) is 10.7. The van der Waals surface area contributed by atoms with Crippen molar-refractivity contribution in [3.63, 3.8) is 0 Å². The number of hydrogen-bond acceptors (Lipinski definition) is 8. The fourth-order valence-corrected chi connectivity index (χ4v) is 2.52. The summed E-state index contributed by atoms with van der Waals surface area (Å²) in [6.07, 6.45) is -3.45. The number of carboxylic acid groups (broad SMARTS) is 1. The Hall–Kier alpha value is -3.07. The van der Waals surface area contributed by atoms with Crippen molar-refractivity contribution in [2.24, 2.45) is 0 Å². The van der Waals surface area contributed by atoms with Gasteiger partial charge in [0, 0.05) is 17.7 Å². The Bertz CT molecular complexity index is 792. The summed E-state index contributed by atoms with van der Waals surface area (Å²) in [7, 11) is 0. The van der Waals surface area contributed by atoms with E-state index in [1.807, 2.05) is 0 Å². The molecule has 1 aliphatic rings. The molecule has 0 amide bonds. The van der Waals surface area contributed by atoms with Crippen molar-refractivity contribution < 1.29 is 34.3 Å². The summed E-state index contributed by atoms with van der Waals surface area (Å²) >= 11 is 0. The fourth-order valence-electron chi connectivity index (χ4n) is 2.52. The molecule has 2 unspecified atom stereocenters. The number of carbonyl (C=O) groups is 1.